The van der Waals surface area contributed by atoms with Gasteiger partial charge >= 0.3 is 5.97 Å². The van der Waals surface area contributed by atoms with Crippen LogP contribution in [0.3, 0.4) is 0 Å². The molecule has 98 valence electrons. The van der Waals surface area contributed by atoms with E-state index >= 15 is 0 Å². The summed E-state index contributed by atoms with van der Waals surface area (Å²) in [4.78, 5) is 11.7. The van der Waals surface area contributed by atoms with Crippen molar-refractivity contribution in [2.45, 2.75) is 40.2 Å². The van der Waals surface area contributed by atoms with Gasteiger partial charge in [-0.3, -0.25) is 5.10 Å². The standard InChI is InChI=1S/C11H19N3O2.ClH/c1-5-7(3)12-10-9(8(4)13-14-10)11(15)16-6-2;/h7H,5-6H2,1-4H3,(H2,12,13,14);1H. The number of aromatic amines is 1. The zero-order chi connectivity index (χ0) is 12.1. The highest BCUT2D eigenvalue weighted by molar-refractivity contribution is 5.95. The average Bonchev–Trinajstić information content (AvgIpc) is 2.60. The normalized spacial score (nSPS) is 11.5. The van der Waals surface area contributed by atoms with Crippen molar-refractivity contribution in [2.24, 2.45) is 0 Å². The van der Waals surface area contributed by atoms with Crippen LogP contribution in [0, 0.1) is 6.92 Å². The molecule has 0 aliphatic heterocycles. The second kappa shape index (κ2) is 7.17. The van der Waals surface area contributed by atoms with Crippen LogP contribution in [-0.2, 0) is 4.74 Å². The zero-order valence-corrected chi connectivity index (χ0v) is 11.5. The molecule has 6 heteroatoms. The van der Waals surface area contributed by atoms with Crippen molar-refractivity contribution in [2.75, 3.05) is 11.9 Å². The lowest BCUT2D eigenvalue weighted by Gasteiger charge is -2.11. The van der Waals surface area contributed by atoms with Crippen molar-refractivity contribution >= 4 is 24.2 Å². The van der Waals surface area contributed by atoms with E-state index in [9.17, 15) is 4.79 Å². The number of H-pyrrole nitrogens is 1. The Morgan fingerprint density at radius 3 is 2.71 bits per heavy atom. The van der Waals surface area contributed by atoms with Crippen molar-refractivity contribution in [1.29, 1.82) is 0 Å². The van der Waals surface area contributed by atoms with Crippen molar-refractivity contribution in [3.8, 4) is 0 Å². The molecule has 0 saturated carbocycles. The number of hydrogen-bond donors (Lipinski definition) is 2. The zero-order valence-electron chi connectivity index (χ0n) is 10.7. The van der Waals surface area contributed by atoms with Gasteiger partial charge in [-0.15, -0.1) is 12.4 Å². The summed E-state index contributed by atoms with van der Waals surface area (Å²) in [6, 6.07) is 0.274. The number of rotatable bonds is 5. The molecular weight excluding hydrogens is 242 g/mol. The van der Waals surface area contributed by atoms with E-state index < -0.39 is 0 Å². The fourth-order valence-corrected chi connectivity index (χ4v) is 1.32. The van der Waals surface area contributed by atoms with Gasteiger partial charge in [0.2, 0.25) is 0 Å². The van der Waals surface area contributed by atoms with E-state index in [4.69, 9.17) is 4.74 Å². The quantitative estimate of drug-likeness (QED) is 0.800. The Balaban J connectivity index is 0.00000256. The van der Waals surface area contributed by atoms with Crippen LogP contribution in [0.4, 0.5) is 5.82 Å². The molecule has 1 rings (SSSR count). The summed E-state index contributed by atoms with van der Waals surface area (Å²) in [6.07, 6.45) is 0.966. The van der Waals surface area contributed by atoms with Crippen molar-refractivity contribution < 1.29 is 9.53 Å². The fraction of sp³-hybridized carbons (Fsp3) is 0.636. The van der Waals surface area contributed by atoms with Gasteiger partial charge in [0.15, 0.2) is 5.82 Å². The monoisotopic (exact) mass is 261 g/mol. The van der Waals surface area contributed by atoms with E-state index in [0.717, 1.165) is 12.1 Å². The molecule has 0 amide bonds. The first-order chi connectivity index (χ1) is 7.60. The second-order valence-corrected chi connectivity index (χ2v) is 3.75. The Hall–Kier alpha value is -1.23. The van der Waals surface area contributed by atoms with Gasteiger partial charge in [0.05, 0.1) is 6.61 Å². The number of nitrogens with zero attached hydrogens (tertiary/aromatic N) is 1. The maximum atomic E-state index is 11.7. The van der Waals surface area contributed by atoms with E-state index in [-0.39, 0.29) is 24.4 Å². The van der Waals surface area contributed by atoms with Crippen molar-refractivity contribution in [3.63, 3.8) is 0 Å². The lowest BCUT2D eigenvalue weighted by atomic mass is 10.2. The van der Waals surface area contributed by atoms with Crippen LogP contribution in [0.1, 0.15) is 43.2 Å². The first-order valence-corrected chi connectivity index (χ1v) is 5.58. The molecule has 17 heavy (non-hydrogen) atoms. The summed E-state index contributed by atoms with van der Waals surface area (Å²) >= 11 is 0. The SMILES string of the molecule is CCOC(=O)c1c(NC(C)CC)n[nH]c1C.Cl. The van der Waals surface area contributed by atoms with E-state index in [1.807, 2.05) is 6.92 Å². The predicted octanol–water partition coefficient (Wildman–Crippen LogP) is 2.53. The van der Waals surface area contributed by atoms with Gasteiger partial charge in [-0.25, -0.2) is 4.79 Å². The summed E-state index contributed by atoms with van der Waals surface area (Å²) < 4.78 is 4.98. The molecule has 1 aromatic heterocycles. The molecule has 1 aromatic rings. The molecule has 0 aliphatic rings. The van der Waals surface area contributed by atoms with Gasteiger partial charge < -0.3 is 10.1 Å². The van der Waals surface area contributed by atoms with Crippen LogP contribution in [-0.4, -0.2) is 28.8 Å². The number of nitrogens with one attached hydrogen (secondary N) is 2. The minimum Gasteiger partial charge on any atom is -0.462 e. The third kappa shape index (κ3) is 3.93. The van der Waals surface area contributed by atoms with E-state index in [0.29, 0.717) is 18.0 Å². The lowest BCUT2D eigenvalue weighted by Crippen LogP contribution is -2.17. The van der Waals surface area contributed by atoms with Gasteiger partial charge in [-0.2, -0.15) is 5.10 Å². The summed E-state index contributed by atoms with van der Waals surface area (Å²) in [6.45, 7) is 8.07. The number of anilines is 1. The molecule has 1 unspecified atom stereocenters. The molecule has 0 aromatic carbocycles. The third-order valence-corrected chi connectivity index (χ3v) is 2.42. The Labute approximate surface area is 108 Å². The minimum absolute atomic E-state index is 0. The topological polar surface area (TPSA) is 67.0 Å². The van der Waals surface area contributed by atoms with Crippen LogP contribution < -0.4 is 5.32 Å². The van der Waals surface area contributed by atoms with Crippen LogP contribution in [0.5, 0.6) is 0 Å². The van der Waals surface area contributed by atoms with E-state index in [1.54, 1.807) is 13.8 Å². The molecule has 0 fully saturated rings. The molecule has 0 bridgehead atoms. The molecule has 0 spiro atoms. The third-order valence-electron chi connectivity index (χ3n) is 2.42. The Bertz CT molecular complexity index is 366. The number of aryl methyl sites for hydroxylation is 1. The summed E-state index contributed by atoms with van der Waals surface area (Å²) in [7, 11) is 0. The fourth-order valence-electron chi connectivity index (χ4n) is 1.32. The van der Waals surface area contributed by atoms with Crippen molar-refractivity contribution in [1.82, 2.24) is 10.2 Å². The van der Waals surface area contributed by atoms with E-state index in [1.165, 1.54) is 0 Å². The maximum Gasteiger partial charge on any atom is 0.343 e. The number of ether oxygens (including phenoxy) is 1. The smallest absolute Gasteiger partial charge is 0.343 e. The van der Waals surface area contributed by atoms with Gasteiger partial charge in [0.25, 0.3) is 0 Å². The van der Waals surface area contributed by atoms with E-state index in [2.05, 4.69) is 22.4 Å². The molecule has 5 nitrogen and oxygen atoms in total. The molecule has 1 heterocycles. The molecule has 0 saturated heterocycles. The molecule has 0 aliphatic carbocycles. The van der Waals surface area contributed by atoms with Crippen molar-refractivity contribution in [3.05, 3.63) is 11.3 Å². The van der Waals surface area contributed by atoms with Crippen LogP contribution in [0.15, 0.2) is 0 Å². The molecule has 1 atom stereocenters. The number of carbonyl (C=O) groups is 1. The van der Waals surface area contributed by atoms with Crippen LogP contribution in [0.2, 0.25) is 0 Å². The first kappa shape index (κ1) is 15.8. The lowest BCUT2D eigenvalue weighted by molar-refractivity contribution is 0.0526. The predicted molar refractivity (Wildman–Crippen MR) is 69.9 cm³/mol. The summed E-state index contributed by atoms with van der Waals surface area (Å²) in [5.41, 5.74) is 1.23. The highest BCUT2D eigenvalue weighted by atomic mass is 35.5. The van der Waals surface area contributed by atoms with Gasteiger partial charge in [-0.1, -0.05) is 6.92 Å². The first-order valence-electron chi connectivity index (χ1n) is 5.58. The van der Waals surface area contributed by atoms with Crippen LogP contribution in [0.25, 0.3) is 0 Å². The maximum absolute atomic E-state index is 11.7. The molecule has 2 N–H and O–H groups in total. The second-order valence-electron chi connectivity index (χ2n) is 3.75. The van der Waals surface area contributed by atoms with Gasteiger partial charge in [0.1, 0.15) is 5.56 Å². The minimum atomic E-state index is -0.334. The number of carbonyl (C=O) groups excluding carboxylic acids is 1. The average molecular weight is 262 g/mol. The van der Waals surface area contributed by atoms with Gasteiger partial charge in [-0.05, 0) is 27.2 Å². The number of halogens is 1. The highest BCUT2D eigenvalue weighted by Crippen LogP contribution is 2.18. The Kier molecular flexibility index (Phi) is 6.65. The number of hydrogen-bond acceptors (Lipinski definition) is 4. The Morgan fingerprint density at radius 1 is 1.53 bits per heavy atom. The summed E-state index contributed by atoms with van der Waals surface area (Å²) in [5, 5.41) is 10.0. The van der Waals surface area contributed by atoms with Crippen LogP contribution >= 0.6 is 12.4 Å². The van der Waals surface area contributed by atoms with Gasteiger partial charge in [0, 0.05) is 11.7 Å². The summed E-state index contributed by atoms with van der Waals surface area (Å²) in [5.74, 6) is 0.241. The Morgan fingerprint density at radius 2 is 2.18 bits per heavy atom. The molecular formula is C11H20ClN3O2. The largest absolute Gasteiger partial charge is 0.462 e. The molecule has 0 radical (unpaired) electrons. The highest BCUT2D eigenvalue weighted by Gasteiger charge is 2.19. The number of esters is 1. The number of aromatic nitrogens is 2.